The molecule has 1 amide bonds. The first kappa shape index (κ1) is 13.1. The van der Waals surface area contributed by atoms with E-state index in [0.717, 1.165) is 16.5 Å². The highest BCUT2D eigenvalue weighted by molar-refractivity contribution is 9.10. The van der Waals surface area contributed by atoms with Gasteiger partial charge in [0.1, 0.15) is 5.54 Å². The second-order valence-electron chi connectivity index (χ2n) is 4.60. The molecule has 2 rings (SSSR count). The molecule has 1 aromatic carbocycles. The molecule has 0 aromatic heterocycles. The van der Waals surface area contributed by atoms with E-state index in [1.807, 2.05) is 24.3 Å². The van der Waals surface area contributed by atoms with Gasteiger partial charge in [0.05, 0.1) is 6.42 Å². The molecule has 0 unspecified atom stereocenters. The van der Waals surface area contributed by atoms with Gasteiger partial charge in [-0.2, -0.15) is 0 Å². The summed E-state index contributed by atoms with van der Waals surface area (Å²) in [6.07, 6.45) is 2.09. The highest BCUT2D eigenvalue weighted by Crippen LogP contribution is 2.32. The molecule has 5 heteroatoms. The van der Waals surface area contributed by atoms with Crippen LogP contribution in [0.3, 0.4) is 0 Å². The molecule has 1 saturated carbocycles. The minimum atomic E-state index is -1.02. The van der Waals surface area contributed by atoms with Crippen LogP contribution in [-0.4, -0.2) is 22.5 Å². The van der Waals surface area contributed by atoms with Crippen molar-refractivity contribution in [1.29, 1.82) is 0 Å². The van der Waals surface area contributed by atoms with Gasteiger partial charge < -0.3 is 10.4 Å². The van der Waals surface area contributed by atoms with Crippen LogP contribution in [0.2, 0.25) is 0 Å². The van der Waals surface area contributed by atoms with Crippen molar-refractivity contribution in [2.75, 3.05) is 0 Å². The first-order valence-electron chi connectivity index (χ1n) is 5.81. The Balaban J connectivity index is 1.99. The minimum absolute atomic E-state index is 0.203. The monoisotopic (exact) mass is 311 g/mol. The summed E-state index contributed by atoms with van der Waals surface area (Å²) in [4.78, 5) is 23.0. The third-order valence-corrected chi connectivity index (χ3v) is 3.74. The number of nitrogens with one attached hydrogen (secondary N) is 1. The molecule has 1 aliphatic carbocycles. The minimum Gasteiger partial charge on any atom is -0.480 e. The van der Waals surface area contributed by atoms with E-state index in [1.165, 1.54) is 0 Å². The largest absolute Gasteiger partial charge is 0.480 e. The van der Waals surface area contributed by atoms with Gasteiger partial charge in [0.15, 0.2) is 0 Å². The summed E-state index contributed by atoms with van der Waals surface area (Å²) in [6, 6.07) is 7.43. The summed E-state index contributed by atoms with van der Waals surface area (Å²) in [6.45, 7) is 0. The van der Waals surface area contributed by atoms with E-state index in [1.54, 1.807) is 0 Å². The summed E-state index contributed by atoms with van der Waals surface area (Å²) in [5, 5.41) is 11.8. The van der Waals surface area contributed by atoms with Crippen molar-refractivity contribution in [2.24, 2.45) is 0 Å². The van der Waals surface area contributed by atoms with E-state index >= 15 is 0 Å². The zero-order valence-electron chi connectivity index (χ0n) is 9.78. The van der Waals surface area contributed by atoms with Gasteiger partial charge in [-0.3, -0.25) is 4.79 Å². The number of benzene rings is 1. The molecule has 4 nitrogen and oxygen atoms in total. The van der Waals surface area contributed by atoms with E-state index < -0.39 is 11.5 Å². The van der Waals surface area contributed by atoms with Gasteiger partial charge in [-0.25, -0.2) is 4.79 Å². The summed E-state index contributed by atoms with van der Waals surface area (Å²) >= 11 is 3.34. The molecular formula is C13H14BrNO3. The molecular weight excluding hydrogens is 298 g/mol. The summed E-state index contributed by atoms with van der Waals surface area (Å²) in [5.74, 6) is -1.17. The topological polar surface area (TPSA) is 66.4 Å². The van der Waals surface area contributed by atoms with Crippen LogP contribution in [0.15, 0.2) is 28.7 Å². The van der Waals surface area contributed by atoms with Crippen molar-refractivity contribution in [3.63, 3.8) is 0 Å². The lowest BCUT2D eigenvalue weighted by Gasteiger charge is -2.38. The number of carboxylic acids is 1. The van der Waals surface area contributed by atoms with Crippen molar-refractivity contribution in [3.8, 4) is 0 Å². The Morgan fingerprint density at radius 1 is 1.39 bits per heavy atom. The number of carbonyl (C=O) groups is 2. The molecule has 1 aromatic rings. The second-order valence-corrected chi connectivity index (χ2v) is 5.51. The summed E-state index contributed by atoms with van der Waals surface area (Å²) in [7, 11) is 0. The number of hydrogen-bond acceptors (Lipinski definition) is 2. The highest BCUT2D eigenvalue weighted by atomic mass is 79.9. The van der Waals surface area contributed by atoms with Gasteiger partial charge in [0.2, 0.25) is 5.91 Å². The molecule has 0 bridgehead atoms. The molecule has 0 radical (unpaired) electrons. The number of aliphatic carboxylic acids is 1. The second kappa shape index (κ2) is 5.10. The Labute approximate surface area is 114 Å². The number of hydrogen-bond donors (Lipinski definition) is 2. The Bertz CT molecular complexity index is 483. The Kier molecular flexibility index (Phi) is 3.71. The number of carboxylic acid groups (broad SMARTS) is 1. The van der Waals surface area contributed by atoms with Crippen LogP contribution >= 0.6 is 15.9 Å². The van der Waals surface area contributed by atoms with Gasteiger partial charge in [0.25, 0.3) is 0 Å². The van der Waals surface area contributed by atoms with E-state index in [9.17, 15) is 9.59 Å². The first-order valence-corrected chi connectivity index (χ1v) is 6.60. The quantitative estimate of drug-likeness (QED) is 0.895. The first-order chi connectivity index (χ1) is 8.52. The van der Waals surface area contributed by atoms with Crippen LogP contribution in [-0.2, 0) is 16.0 Å². The predicted octanol–water partition coefficient (Wildman–Crippen LogP) is 2.12. The number of amides is 1. The van der Waals surface area contributed by atoms with Crippen molar-refractivity contribution >= 4 is 27.8 Å². The molecule has 0 atom stereocenters. The van der Waals surface area contributed by atoms with Crippen LogP contribution in [0.5, 0.6) is 0 Å². The van der Waals surface area contributed by atoms with Crippen molar-refractivity contribution < 1.29 is 14.7 Å². The fourth-order valence-electron chi connectivity index (χ4n) is 2.07. The maximum Gasteiger partial charge on any atom is 0.329 e. The van der Waals surface area contributed by atoms with Crippen LogP contribution in [0.1, 0.15) is 24.8 Å². The van der Waals surface area contributed by atoms with E-state index in [0.29, 0.717) is 12.8 Å². The van der Waals surface area contributed by atoms with Crippen LogP contribution in [0.25, 0.3) is 0 Å². The fourth-order valence-corrected chi connectivity index (χ4v) is 2.51. The maximum absolute atomic E-state index is 11.8. The standard InChI is InChI=1S/C13H14BrNO3/c14-10-4-1-3-9(7-10)8-11(16)15-13(12(17)18)5-2-6-13/h1,3-4,7H,2,5-6,8H2,(H,15,16)(H,17,18). The SMILES string of the molecule is O=C(Cc1cccc(Br)c1)NC1(C(=O)O)CCC1. The van der Waals surface area contributed by atoms with Crippen molar-refractivity contribution in [1.82, 2.24) is 5.32 Å². The fraction of sp³-hybridized carbons (Fsp3) is 0.385. The Morgan fingerprint density at radius 2 is 2.11 bits per heavy atom. The van der Waals surface area contributed by atoms with Gasteiger partial charge in [-0.15, -0.1) is 0 Å². The van der Waals surface area contributed by atoms with Gasteiger partial charge >= 0.3 is 5.97 Å². The molecule has 96 valence electrons. The van der Waals surface area contributed by atoms with Crippen LogP contribution in [0, 0.1) is 0 Å². The van der Waals surface area contributed by atoms with Gasteiger partial charge in [0, 0.05) is 4.47 Å². The lowest BCUT2D eigenvalue weighted by atomic mass is 9.76. The zero-order chi connectivity index (χ0) is 13.2. The Morgan fingerprint density at radius 3 is 2.61 bits per heavy atom. The molecule has 18 heavy (non-hydrogen) atoms. The number of halogens is 1. The van der Waals surface area contributed by atoms with E-state index in [4.69, 9.17) is 5.11 Å². The summed E-state index contributed by atoms with van der Waals surface area (Å²) in [5.41, 5.74) is -0.162. The summed E-state index contributed by atoms with van der Waals surface area (Å²) < 4.78 is 0.907. The van der Waals surface area contributed by atoms with Crippen molar-refractivity contribution in [2.45, 2.75) is 31.2 Å². The normalized spacial score (nSPS) is 16.7. The van der Waals surface area contributed by atoms with E-state index in [-0.39, 0.29) is 12.3 Å². The maximum atomic E-state index is 11.8. The van der Waals surface area contributed by atoms with Crippen LogP contribution in [0.4, 0.5) is 0 Å². The van der Waals surface area contributed by atoms with Gasteiger partial charge in [-0.1, -0.05) is 28.1 Å². The smallest absolute Gasteiger partial charge is 0.329 e. The molecule has 2 N–H and O–H groups in total. The van der Waals surface area contributed by atoms with Gasteiger partial charge in [-0.05, 0) is 37.0 Å². The molecule has 0 spiro atoms. The average Bonchev–Trinajstić information content (AvgIpc) is 2.23. The molecule has 0 aliphatic heterocycles. The molecule has 1 aliphatic rings. The predicted molar refractivity (Wildman–Crippen MR) is 70.2 cm³/mol. The lowest BCUT2D eigenvalue weighted by molar-refractivity contribution is -0.151. The zero-order valence-corrected chi connectivity index (χ0v) is 11.4. The molecule has 1 fully saturated rings. The third-order valence-electron chi connectivity index (χ3n) is 3.25. The molecule has 0 heterocycles. The molecule has 0 saturated heterocycles. The average molecular weight is 312 g/mol. The lowest BCUT2D eigenvalue weighted by Crippen LogP contribution is -2.59. The van der Waals surface area contributed by atoms with Crippen LogP contribution < -0.4 is 5.32 Å². The highest BCUT2D eigenvalue weighted by Gasteiger charge is 2.45. The van der Waals surface area contributed by atoms with Crippen molar-refractivity contribution in [3.05, 3.63) is 34.3 Å². The Hall–Kier alpha value is -1.36. The number of rotatable bonds is 4. The third kappa shape index (κ3) is 2.72. The van der Waals surface area contributed by atoms with E-state index in [2.05, 4.69) is 21.2 Å². The number of carbonyl (C=O) groups excluding carboxylic acids is 1.